The van der Waals surface area contributed by atoms with Crippen molar-refractivity contribution >= 4 is 17.4 Å². The van der Waals surface area contributed by atoms with Gasteiger partial charge in [0.15, 0.2) is 0 Å². The van der Waals surface area contributed by atoms with E-state index in [4.69, 9.17) is 4.74 Å². The van der Waals surface area contributed by atoms with Crippen LogP contribution in [0.25, 0.3) is 0 Å². The number of halogens is 3. The van der Waals surface area contributed by atoms with Gasteiger partial charge < -0.3 is 20.3 Å². The van der Waals surface area contributed by atoms with E-state index in [0.717, 1.165) is 82.0 Å². The van der Waals surface area contributed by atoms with Crippen LogP contribution in [-0.4, -0.2) is 55.7 Å². The van der Waals surface area contributed by atoms with Gasteiger partial charge in [-0.15, -0.1) is 0 Å². The van der Waals surface area contributed by atoms with Crippen LogP contribution in [0.4, 0.5) is 18.9 Å². The van der Waals surface area contributed by atoms with Crippen molar-refractivity contribution in [3.8, 4) is 0 Å². The lowest BCUT2D eigenvalue weighted by atomic mass is 9.90. The number of benzene rings is 1. The number of carbonyl (C=O) groups is 1. The Bertz CT molecular complexity index is 1090. The molecule has 0 unspecified atom stereocenters. The minimum atomic E-state index is -4.58. The molecule has 0 atom stereocenters. The average molecular weight is 621 g/mol. The number of hydrogen-bond acceptors (Lipinski definition) is 4. The highest BCUT2D eigenvalue weighted by Gasteiger charge is 2.36. The molecule has 1 heterocycles. The molecule has 6 nitrogen and oxygen atoms in total. The molecule has 1 fully saturated rings. The molecule has 9 heteroatoms. The number of nitrogens with zero attached hydrogens (tertiary/aromatic N) is 2. The summed E-state index contributed by atoms with van der Waals surface area (Å²) >= 11 is 0. The van der Waals surface area contributed by atoms with Gasteiger partial charge in [0.25, 0.3) is 0 Å². The fourth-order valence-corrected chi connectivity index (χ4v) is 5.37. The minimum absolute atomic E-state index is 0.0299. The molecule has 2 rings (SSSR count). The molecule has 2 N–H and O–H groups in total. The lowest BCUT2D eigenvalue weighted by molar-refractivity contribution is -0.131. The van der Waals surface area contributed by atoms with E-state index in [0.29, 0.717) is 50.7 Å². The van der Waals surface area contributed by atoms with Crippen molar-refractivity contribution in [2.75, 3.05) is 38.2 Å². The standard InChI is InChI=1S/C35H55F3N4O2/c1-6-10-12-15-34(43)42(21-8-3)22-13-20-39-33(14-11-7-2)31(35(36,37)38)26-40-27(5)41-32-17-16-30(25-28(32)9-4)29-18-23-44-24-19-29/h14,16-17,25-26,29,39H,6-13,15,18-24H2,1-5H3,(H,40,41)/b31-26+,33-14-. The lowest BCUT2D eigenvalue weighted by Crippen LogP contribution is -2.34. The Morgan fingerprint density at radius 3 is 2.43 bits per heavy atom. The number of carbonyl (C=O) groups excluding carboxylic acids is 1. The molecule has 44 heavy (non-hydrogen) atoms. The second kappa shape index (κ2) is 20.3. The molecule has 0 spiro atoms. The van der Waals surface area contributed by atoms with Gasteiger partial charge >= 0.3 is 6.18 Å². The number of allylic oxidation sites excluding steroid dienone is 2. The summed E-state index contributed by atoms with van der Waals surface area (Å²) in [6.45, 7) is 12.9. The van der Waals surface area contributed by atoms with Gasteiger partial charge in [0, 0.05) is 56.9 Å². The predicted octanol–water partition coefficient (Wildman–Crippen LogP) is 8.90. The van der Waals surface area contributed by atoms with E-state index < -0.39 is 11.7 Å². The lowest BCUT2D eigenvalue weighted by Gasteiger charge is -2.23. The number of aliphatic imine (C=N–C) groups is 1. The summed E-state index contributed by atoms with van der Waals surface area (Å²) in [5, 5.41) is 6.24. The van der Waals surface area contributed by atoms with E-state index in [2.05, 4.69) is 41.6 Å². The Morgan fingerprint density at radius 1 is 1.05 bits per heavy atom. The van der Waals surface area contributed by atoms with E-state index in [-0.39, 0.29) is 11.6 Å². The third-order valence-corrected chi connectivity index (χ3v) is 7.90. The number of amidine groups is 1. The zero-order valence-corrected chi connectivity index (χ0v) is 27.6. The van der Waals surface area contributed by atoms with E-state index in [1.165, 1.54) is 5.56 Å². The Labute approximate surface area is 263 Å². The first kappa shape index (κ1) is 37.4. The number of amides is 1. The summed E-state index contributed by atoms with van der Waals surface area (Å²) in [7, 11) is 0. The molecular weight excluding hydrogens is 565 g/mol. The minimum Gasteiger partial charge on any atom is -0.385 e. The van der Waals surface area contributed by atoms with Gasteiger partial charge in [0.05, 0.1) is 5.57 Å². The van der Waals surface area contributed by atoms with Crippen LogP contribution in [0.15, 0.2) is 46.7 Å². The smallest absolute Gasteiger partial charge is 0.385 e. The van der Waals surface area contributed by atoms with Gasteiger partial charge in [-0.05, 0) is 75.0 Å². The number of anilines is 1. The van der Waals surface area contributed by atoms with E-state index >= 15 is 0 Å². The van der Waals surface area contributed by atoms with Crippen molar-refractivity contribution in [1.82, 2.24) is 10.2 Å². The van der Waals surface area contributed by atoms with Gasteiger partial charge in [0.2, 0.25) is 5.91 Å². The number of alkyl halides is 3. The Balaban J connectivity index is 2.14. The SMILES string of the molecule is CCC/C=C(NCCCN(CCC)C(=O)CCCCC)/C(=C\N=C(C)Nc1ccc(C2CCOCC2)cc1CC)C(F)(F)F. The van der Waals surface area contributed by atoms with E-state index in [1.54, 1.807) is 13.0 Å². The second-order valence-electron chi connectivity index (χ2n) is 11.6. The van der Waals surface area contributed by atoms with Crippen molar-refractivity contribution in [1.29, 1.82) is 0 Å². The molecular formula is C35H55F3N4O2. The maximum Gasteiger partial charge on any atom is 0.419 e. The van der Waals surface area contributed by atoms with Crippen LogP contribution in [0.5, 0.6) is 0 Å². The normalized spacial score (nSPS) is 15.4. The van der Waals surface area contributed by atoms with Crippen molar-refractivity contribution in [3.63, 3.8) is 0 Å². The van der Waals surface area contributed by atoms with Crippen molar-refractivity contribution < 1.29 is 22.7 Å². The molecule has 0 aliphatic carbocycles. The molecule has 1 amide bonds. The monoisotopic (exact) mass is 620 g/mol. The van der Waals surface area contributed by atoms with Crippen LogP contribution in [0.1, 0.15) is 116 Å². The maximum absolute atomic E-state index is 14.3. The summed E-state index contributed by atoms with van der Waals surface area (Å²) in [6.07, 6.45) is 6.82. The second-order valence-corrected chi connectivity index (χ2v) is 11.6. The third kappa shape index (κ3) is 13.0. The maximum atomic E-state index is 14.3. The van der Waals surface area contributed by atoms with Gasteiger partial charge in [-0.3, -0.25) is 4.79 Å². The number of rotatable bonds is 18. The molecule has 1 aromatic carbocycles. The zero-order valence-electron chi connectivity index (χ0n) is 27.6. The molecule has 248 valence electrons. The van der Waals surface area contributed by atoms with Crippen molar-refractivity contribution in [2.45, 2.75) is 117 Å². The largest absolute Gasteiger partial charge is 0.419 e. The number of unbranched alkanes of at least 4 members (excludes halogenated alkanes) is 3. The first-order valence-corrected chi connectivity index (χ1v) is 16.7. The highest BCUT2D eigenvalue weighted by molar-refractivity contribution is 5.94. The Kier molecular flexibility index (Phi) is 17.2. The molecule has 0 saturated carbocycles. The number of hydrogen-bond donors (Lipinski definition) is 2. The van der Waals surface area contributed by atoms with Gasteiger partial charge in [0.1, 0.15) is 5.84 Å². The quantitative estimate of drug-likeness (QED) is 0.0745. The molecule has 1 saturated heterocycles. The number of ether oxygens (including phenoxy) is 1. The summed E-state index contributed by atoms with van der Waals surface area (Å²) in [6, 6.07) is 6.29. The first-order chi connectivity index (χ1) is 21.1. The summed E-state index contributed by atoms with van der Waals surface area (Å²) in [5.41, 5.74) is 2.46. The number of nitrogens with one attached hydrogen (secondary N) is 2. The van der Waals surface area contributed by atoms with E-state index in [9.17, 15) is 18.0 Å². The van der Waals surface area contributed by atoms with Gasteiger partial charge in [-0.1, -0.05) is 65.2 Å². The zero-order chi connectivity index (χ0) is 32.4. The van der Waals surface area contributed by atoms with Crippen molar-refractivity contribution in [3.05, 3.63) is 52.9 Å². The predicted molar refractivity (Wildman–Crippen MR) is 176 cm³/mol. The fourth-order valence-electron chi connectivity index (χ4n) is 5.37. The van der Waals surface area contributed by atoms with Crippen LogP contribution >= 0.6 is 0 Å². The first-order valence-electron chi connectivity index (χ1n) is 16.7. The highest BCUT2D eigenvalue weighted by atomic mass is 19.4. The van der Waals surface area contributed by atoms with Crippen LogP contribution in [0, 0.1) is 0 Å². The van der Waals surface area contributed by atoms with Crippen LogP contribution in [0.3, 0.4) is 0 Å². The summed E-state index contributed by atoms with van der Waals surface area (Å²) in [4.78, 5) is 18.7. The molecule has 1 aromatic rings. The van der Waals surface area contributed by atoms with Crippen LogP contribution < -0.4 is 10.6 Å². The van der Waals surface area contributed by atoms with Crippen LogP contribution in [-0.2, 0) is 16.0 Å². The molecule has 0 radical (unpaired) electrons. The summed E-state index contributed by atoms with van der Waals surface area (Å²) < 4.78 is 48.4. The van der Waals surface area contributed by atoms with E-state index in [1.807, 2.05) is 24.8 Å². The third-order valence-electron chi connectivity index (χ3n) is 7.90. The highest BCUT2D eigenvalue weighted by Crippen LogP contribution is 2.32. The summed E-state index contributed by atoms with van der Waals surface area (Å²) in [5.74, 6) is 0.976. The molecule has 0 bridgehead atoms. The Hall–Kier alpha value is -2.81. The molecule has 1 aliphatic rings. The van der Waals surface area contributed by atoms with Crippen molar-refractivity contribution in [2.24, 2.45) is 4.99 Å². The molecule has 1 aliphatic heterocycles. The van der Waals surface area contributed by atoms with Gasteiger partial charge in [-0.25, -0.2) is 4.99 Å². The average Bonchev–Trinajstić information content (AvgIpc) is 3.00. The fraction of sp³-hybridized carbons (Fsp3) is 0.657. The molecule has 0 aromatic heterocycles. The topological polar surface area (TPSA) is 66.0 Å². The Morgan fingerprint density at radius 2 is 1.80 bits per heavy atom. The number of aryl methyl sites for hydroxylation is 1. The van der Waals surface area contributed by atoms with Gasteiger partial charge in [-0.2, -0.15) is 13.2 Å². The van der Waals surface area contributed by atoms with Crippen LogP contribution in [0.2, 0.25) is 0 Å².